The number of hydrogen-bond acceptors (Lipinski definition) is 17. The molecule has 0 spiro atoms. The molecule has 0 radical (unpaired) electrons. The van der Waals surface area contributed by atoms with Crippen molar-refractivity contribution in [3.8, 4) is 0 Å². The maximum absolute atomic E-state index is 11.2. The van der Waals surface area contributed by atoms with Gasteiger partial charge in [0.2, 0.25) is 0 Å². The summed E-state index contributed by atoms with van der Waals surface area (Å²) < 4.78 is 40.8. The molecular formula is C108H204O17. The smallest absolute Gasteiger partial charge is 0.305 e. The average molecular weight is 1770 g/mol. The van der Waals surface area contributed by atoms with Gasteiger partial charge in [-0.3, -0.25) is 28.8 Å². The zero-order valence-electron chi connectivity index (χ0n) is 83.3. The molecule has 0 amide bonds. The number of carbonyl (C=O) groups excluding carboxylic acids is 6. The third-order valence-corrected chi connectivity index (χ3v) is 22.4. The summed E-state index contributed by atoms with van der Waals surface area (Å²) in [7, 11) is 0. The topological polar surface area (TPSA) is 244 Å². The van der Waals surface area contributed by atoms with Crippen LogP contribution in [0.1, 0.15) is 525 Å². The van der Waals surface area contributed by atoms with Gasteiger partial charge in [-0.1, -0.05) is 307 Å². The molecular weight excluding hydrogens is 1570 g/mol. The average Bonchev–Trinajstić information content (AvgIpc) is 1.71. The summed E-state index contributed by atoms with van der Waals surface area (Å²) in [4.78, 5) is 66.8. The molecule has 125 heavy (non-hydrogen) atoms. The molecule has 0 saturated carbocycles. The molecule has 738 valence electrons. The summed E-state index contributed by atoms with van der Waals surface area (Å²) >= 11 is 0. The minimum atomic E-state index is -0.0595. The van der Waals surface area contributed by atoms with Crippen molar-refractivity contribution < 1.29 is 82.0 Å². The van der Waals surface area contributed by atoms with E-state index in [1.807, 2.05) is 41.5 Å². The highest BCUT2D eigenvalue weighted by Crippen LogP contribution is 2.33. The molecule has 0 aromatic heterocycles. The molecule has 2 saturated heterocycles. The van der Waals surface area contributed by atoms with E-state index >= 15 is 0 Å². The van der Waals surface area contributed by atoms with E-state index in [-0.39, 0.29) is 35.8 Å². The van der Waals surface area contributed by atoms with Crippen LogP contribution < -0.4 is 0 Å². The Hall–Kier alpha value is -4.42. The molecule has 0 aromatic carbocycles. The van der Waals surface area contributed by atoms with Crippen molar-refractivity contribution >= 4 is 35.8 Å². The Kier molecular flexibility index (Phi) is 114. The van der Waals surface area contributed by atoms with Gasteiger partial charge in [0.25, 0.3) is 0 Å². The van der Waals surface area contributed by atoms with Crippen LogP contribution in [0.2, 0.25) is 0 Å². The lowest BCUT2D eigenvalue weighted by Crippen LogP contribution is -2.03. The molecule has 4 atom stereocenters. The van der Waals surface area contributed by atoms with Crippen molar-refractivity contribution in [3.63, 3.8) is 0 Å². The molecule has 2 rings (SSSR count). The van der Waals surface area contributed by atoms with E-state index in [1.54, 1.807) is 0 Å². The van der Waals surface area contributed by atoms with E-state index in [0.29, 0.717) is 122 Å². The van der Waals surface area contributed by atoms with Crippen LogP contribution in [-0.2, 0) is 66.7 Å². The maximum Gasteiger partial charge on any atom is 0.305 e. The van der Waals surface area contributed by atoms with Gasteiger partial charge in [-0.2, -0.15) is 0 Å². The van der Waals surface area contributed by atoms with Crippen LogP contribution >= 0.6 is 0 Å². The summed E-state index contributed by atoms with van der Waals surface area (Å²) in [6.45, 7) is 21.8. The lowest BCUT2D eigenvalue weighted by molar-refractivity contribution is -0.144. The minimum absolute atomic E-state index is 0.0430. The highest BCUT2D eigenvalue weighted by atomic mass is 16.6. The second-order valence-corrected chi connectivity index (χ2v) is 34.3. The van der Waals surface area contributed by atoms with Crippen LogP contribution in [0.15, 0.2) is 48.6 Å². The van der Waals surface area contributed by atoms with Crippen molar-refractivity contribution in [3.05, 3.63) is 48.6 Å². The van der Waals surface area contributed by atoms with Gasteiger partial charge in [-0.05, 0) is 228 Å². The van der Waals surface area contributed by atoms with Crippen molar-refractivity contribution in [1.82, 2.24) is 0 Å². The van der Waals surface area contributed by atoms with Crippen molar-refractivity contribution in [2.45, 2.75) is 549 Å². The molecule has 4 unspecified atom stereocenters. The summed E-state index contributed by atoms with van der Waals surface area (Å²) in [5, 5.41) is 26.0. The van der Waals surface area contributed by atoms with E-state index < -0.39 is 0 Å². The molecule has 0 aromatic rings. The maximum atomic E-state index is 11.2. The third kappa shape index (κ3) is 114. The molecule has 2 aliphatic rings. The Morgan fingerprint density at radius 1 is 0.192 bits per heavy atom. The molecule has 0 aliphatic carbocycles. The van der Waals surface area contributed by atoms with Gasteiger partial charge in [0.15, 0.2) is 0 Å². The van der Waals surface area contributed by atoms with Crippen LogP contribution in [0.3, 0.4) is 0 Å². The number of aliphatic hydroxyl groups excluding tert-OH is 3. The first-order valence-electron chi connectivity index (χ1n) is 53.0. The van der Waals surface area contributed by atoms with E-state index in [1.165, 1.54) is 308 Å². The van der Waals surface area contributed by atoms with Gasteiger partial charge in [0.1, 0.15) is 0 Å². The molecule has 2 heterocycles. The summed E-state index contributed by atoms with van der Waals surface area (Å²) in [6.07, 6.45) is 104. The van der Waals surface area contributed by atoms with Gasteiger partial charge in [0, 0.05) is 58.3 Å². The summed E-state index contributed by atoms with van der Waals surface area (Å²) in [5.41, 5.74) is 0. The molecule has 2 fully saturated rings. The first-order chi connectivity index (χ1) is 61.3. The number of esters is 6. The second-order valence-electron chi connectivity index (χ2n) is 34.3. The molecule has 17 heteroatoms. The summed E-state index contributed by atoms with van der Waals surface area (Å²) in [6, 6.07) is 0. The Bertz CT molecular complexity index is 2220. The number of ether oxygens (including phenoxy) is 8. The number of epoxide rings is 2. The van der Waals surface area contributed by atoms with Gasteiger partial charge < -0.3 is 53.2 Å². The van der Waals surface area contributed by atoms with Crippen molar-refractivity contribution in [1.29, 1.82) is 0 Å². The highest BCUT2D eigenvalue weighted by Gasteiger charge is 2.37. The number of unbranched alkanes of at least 4 members (excludes halogenated alkanes) is 50. The van der Waals surface area contributed by atoms with Gasteiger partial charge in [0.05, 0.1) is 64.1 Å². The fourth-order valence-corrected chi connectivity index (χ4v) is 14.7. The number of rotatable bonds is 87. The zero-order chi connectivity index (χ0) is 92.4. The lowest BCUT2D eigenvalue weighted by Gasteiger charge is -2.02. The quantitative estimate of drug-likeness (QED) is 0.0168. The Labute approximate surface area is 770 Å². The normalized spacial score (nSPS) is 14.3. The predicted octanol–water partition coefficient (Wildman–Crippen LogP) is 30.2. The number of allylic oxidation sites excluding steroid dienone is 8. The molecule has 3 N–H and O–H groups in total. The van der Waals surface area contributed by atoms with E-state index in [9.17, 15) is 28.8 Å². The van der Waals surface area contributed by atoms with Crippen molar-refractivity contribution in [2.24, 2.45) is 0 Å². The fourth-order valence-electron chi connectivity index (χ4n) is 14.7. The van der Waals surface area contributed by atoms with Crippen LogP contribution in [0.25, 0.3) is 0 Å². The van der Waals surface area contributed by atoms with Gasteiger partial charge >= 0.3 is 35.8 Å². The van der Waals surface area contributed by atoms with E-state index in [4.69, 9.17) is 53.2 Å². The van der Waals surface area contributed by atoms with Gasteiger partial charge in [-0.15, -0.1) is 0 Å². The highest BCUT2D eigenvalue weighted by molar-refractivity contribution is 5.71. The number of carbonyl (C=O) groups is 6. The Morgan fingerprint density at radius 3 is 0.488 bits per heavy atom. The first kappa shape index (κ1) is 127. The van der Waals surface area contributed by atoms with E-state index in [0.717, 1.165) is 116 Å². The Balaban J connectivity index is -0.000000703. The van der Waals surface area contributed by atoms with Crippen LogP contribution in [0.4, 0.5) is 0 Å². The number of hydrogen-bond donors (Lipinski definition) is 3. The SMILES string of the molecule is CCCCCC/C=C/CCCCCCCC(=O)OCC.CCCCCC/C=C\CCCCCCCC(=O)OCC.CCCCCCC1OC1CCCCCCCC(=O)OCC.CCOC(=O)CCCCCCC/C=C/CCCCCCO.CCOC(=O)CCCCCCC/C=C\CCCCCCO.CCOC(=O)CCCCCCCC1OC1CCCCCCO. The van der Waals surface area contributed by atoms with Crippen LogP contribution in [0, 0.1) is 0 Å². The molecule has 2 aliphatic heterocycles. The fraction of sp³-hybridized carbons (Fsp3) is 0.870. The third-order valence-electron chi connectivity index (χ3n) is 22.4. The van der Waals surface area contributed by atoms with Crippen LogP contribution in [0.5, 0.6) is 0 Å². The first-order valence-corrected chi connectivity index (χ1v) is 53.0. The second kappa shape index (κ2) is 112. The van der Waals surface area contributed by atoms with Crippen molar-refractivity contribution in [2.75, 3.05) is 59.5 Å². The number of aliphatic hydroxyl groups is 3. The van der Waals surface area contributed by atoms with E-state index in [2.05, 4.69) is 69.4 Å². The monoisotopic (exact) mass is 1770 g/mol. The predicted molar refractivity (Wildman–Crippen MR) is 524 cm³/mol. The lowest BCUT2D eigenvalue weighted by atomic mass is 10.0. The zero-order valence-corrected chi connectivity index (χ0v) is 83.3. The standard InChI is InChI=1S/C18H34O4.3C18H34O3.2C18H34O2/c1-2-21-18(20)14-10-5-3-4-8-12-16-17(22-16)13-9-6-7-11-15-19;1-3-5-6-10-13-16-17(21-16)14-11-8-7-9-12-15-18(19)20-4-2;2*1-2-21-18(20)16-14-12-10-8-6-4-3-5-7-9-11-13-15-17-19;2*1-3-5-6-7-8-9-10-11-12-13-14-15-16-17-18(19)20-4-2/h16-17,19H,2-15H2,1H3;16-17H,3-15H2,1-2H3;2*3,5,19H,2,4,6-17H2,1H3;2*9-10H,3-8,11-17H2,1-2H3/b;;5-3+;5-3-;10-9+;10-9-. The minimum Gasteiger partial charge on any atom is -0.466 e. The van der Waals surface area contributed by atoms with Gasteiger partial charge in [-0.25, -0.2) is 0 Å². The van der Waals surface area contributed by atoms with Crippen LogP contribution in [-0.4, -0.2) is 135 Å². The molecule has 0 bridgehead atoms. The largest absolute Gasteiger partial charge is 0.466 e. The summed E-state index contributed by atoms with van der Waals surface area (Å²) in [5.74, 6) is -0.304. The molecule has 17 nitrogen and oxygen atoms in total. The Morgan fingerprint density at radius 2 is 0.328 bits per heavy atom.